The summed E-state index contributed by atoms with van der Waals surface area (Å²) in [6, 6.07) is 14.7. The minimum atomic E-state index is 0.609. The van der Waals surface area contributed by atoms with E-state index in [4.69, 9.17) is 4.74 Å². The van der Waals surface area contributed by atoms with E-state index in [-0.39, 0.29) is 0 Å². The normalized spacial score (nSPS) is 14.0. The molecule has 0 saturated heterocycles. The van der Waals surface area contributed by atoms with Crippen LogP contribution in [0.2, 0.25) is 0 Å². The predicted molar refractivity (Wildman–Crippen MR) is 77.0 cm³/mol. The number of anilines is 1. The summed E-state index contributed by atoms with van der Waals surface area (Å²) in [5.74, 6) is 0.988. The quantitative estimate of drug-likeness (QED) is 0.786. The van der Waals surface area contributed by atoms with Gasteiger partial charge in [-0.2, -0.15) is 0 Å². The number of aryl methyl sites for hydroxylation is 1. The van der Waals surface area contributed by atoms with E-state index in [1.165, 1.54) is 16.8 Å². The lowest BCUT2D eigenvalue weighted by molar-refractivity contribution is 0.289. The highest BCUT2D eigenvalue weighted by Crippen LogP contribution is 2.30. The molecule has 18 heavy (non-hydrogen) atoms. The molecule has 0 amide bonds. The van der Waals surface area contributed by atoms with Crippen molar-refractivity contribution in [2.75, 3.05) is 11.6 Å². The van der Waals surface area contributed by atoms with Gasteiger partial charge in [0.25, 0.3) is 0 Å². The summed E-state index contributed by atoms with van der Waals surface area (Å²) in [4.78, 5) is 2.24. The van der Waals surface area contributed by atoms with Crippen LogP contribution in [0.5, 0.6) is 5.75 Å². The molecule has 3 heteroatoms. The lowest BCUT2D eigenvalue weighted by Crippen LogP contribution is -2.31. The minimum Gasteiger partial charge on any atom is -0.473 e. The van der Waals surface area contributed by atoms with Crippen LogP contribution in [0.25, 0.3) is 0 Å². The number of rotatable bonds is 1. The van der Waals surface area contributed by atoms with Gasteiger partial charge in [0.15, 0.2) is 6.73 Å². The van der Waals surface area contributed by atoms with Crippen molar-refractivity contribution < 1.29 is 4.74 Å². The van der Waals surface area contributed by atoms with Gasteiger partial charge < -0.3 is 9.64 Å². The molecule has 0 radical (unpaired) electrons. The number of hydrogen-bond donors (Lipinski definition) is 0. The molecule has 2 aromatic rings. The van der Waals surface area contributed by atoms with Gasteiger partial charge in [-0.25, -0.2) is 0 Å². The highest BCUT2D eigenvalue weighted by molar-refractivity contribution is 9.10. The Balaban J connectivity index is 1.90. The maximum absolute atomic E-state index is 5.79. The van der Waals surface area contributed by atoms with Crippen molar-refractivity contribution in [1.82, 2.24) is 0 Å². The average Bonchev–Trinajstić information content (AvgIpc) is 2.38. The van der Waals surface area contributed by atoms with Crippen molar-refractivity contribution in [2.45, 2.75) is 13.5 Å². The van der Waals surface area contributed by atoms with E-state index in [2.05, 4.69) is 58.1 Å². The van der Waals surface area contributed by atoms with Crippen molar-refractivity contribution in [2.24, 2.45) is 0 Å². The molecular formula is C15H14BrNO. The van der Waals surface area contributed by atoms with Crippen LogP contribution in [0, 0.1) is 6.92 Å². The van der Waals surface area contributed by atoms with Crippen LogP contribution in [0.4, 0.5) is 5.69 Å². The molecule has 1 aliphatic heterocycles. The highest BCUT2D eigenvalue weighted by atomic mass is 79.9. The number of benzene rings is 2. The molecule has 0 bridgehead atoms. The van der Waals surface area contributed by atoms with Crippen LogP contribution >= 0.6 is 15.9 Å². The molecule has 0 spiro atoms. The second-order valence-corrected chi connectivity index (χ2v) is 5.48. The third-order valence-corrected chi connectivity index (χ3v) is 3.62. The fraction of sp³-hybridized carbons (Fsp3) is 0.200. The summed E-state index contributed by atoms with van der Waals surface area (Å²) in [5.41, 5.74) is 3.70. The standard InChI is InChI=1S/C15H14BrNO/c1-11-3-2-4-14(7-11)17-9-12-8-13(16)5-6-15(12)18-10-17/h2-8H,9-10H2,1H3. The molecule has 0 saturated carbocycles. The van der Waals surface area contributed by atoms with Gasteiger partial charge in [0, 0.05) is 22.3 Å². The molecule has 3 rings (SSSR count). The molecule has 92 valence electrons. The zero-order chi connectivity index (χ0) is 12.5. The Morgan fingerprint density at radius 2 is 2.06 bits per heavy atom. The average molecular weight is 304 g/mol. The molecular weight excluding hydrogens is 290 g/mol. The zero-order valence-corrected chi connectivity index (χ0v) is 11.8. The van der Waals surface area contributed by atoms with Crippen molar-refractivity contribution in [3.05, 3.63) is 58.1 Å². The molecule has 0 aliphatic carbocycles. The highest BCUT2D eigenvalue weighted by Gasteiger charge is 2.17. The predicted octanol–water partition coefficient (Wildman–Crippen LogP) is 4.11. The smallest absolute Gasteiger partial charge is 0.161 e. The van der Waals surface area contributed by atoms with Gasteiger partial charge in [0.1, 0.15) is 5.75 Å². The summed E-state index contributed by atoms with van der Waals surface area (Å²) in [5, 5.41) is 0. The van der Waals surface area contributed by atoms with E-state index in [9.17, 15) is 0 Å². The minimum absolute atomic E-state index is 0.609. The first kappa shape index (κ1) is 11.6. The second-order valence-electron chi connectivity index (χ2n) is 4.56. The first-order chi connectivity index (χ1) is 8.72. The van der Waals surface area contributed by atoms with E-state index in [0.717, 1.165) is 16.8 Å². The lowest BCUT2D eigenvalue weighted by atomic mass is 10.1. The third kappa shape index (κ3) is 2.23. The molecule has 0 aromatic heterocycles. The van der Waals surface area contributed by atoms with Gasteiger partial charge in [-0.05, 0) is 42.8 Å². The maximum atomic E-state index is 5.79. The molecule has 2 aromatic carbocycles. The van der Waals surface area contributed by atoms with Crippen LogP contribution in [-0.4, -0.2) is 6.73 Å². The largest absolute Gasteiger partial charge is 0.473 e. The Kier molecular flexibility index (Phi) is 3.00. The summed E-state index contributed by atoms with van der Waals surface area (Å²) >= 11 is 3.50. The monoisotopic (exact) mass is 303 g/mol. The van der Waals surface area contributed by atoms with E-state index in [1.807, 2.05) is 12.1 Å². The van der Waals surface area contributed by atoms with Gasteiger partial charge in [0.2, 0.25) is 0 Å². The Morgan fingerprint density at radius 3 is 2.89 bits per heavy atom. The van der Waals surface area contributed by atoms with E-state index in [0.29, 0.717) is 6.73 Å². The zero-order valence-electron chi connectivity index (χ0n) is 10.2. The number of hydrogen-bond acceptors (Lipinski definition) is 2. The Morgan fingerprint density at radius 1 is 1.17 bits per heavy atom. The number of halogens is 1. The van der Waals surface area contributed by atoms with Gasteiger partial charge in [0.05, 0.1) is 0 Å². The SMILES string of the molecule is Cc1cccc(N2COc3ccc(Br)cc3C2)c1. The van der Waals surface area contributed by atoms with Crippen LogP contribution in [0.1, 0.15) is 11.1 Å². The molecule has 0 fully saturated rings. The fourth-order valence-electron chi connectivity index (χ4n) is 2.20. The summed E-state index contributed by atoms with van der Waals surface area (Å²) in [7, 11) is 0. The van der Waals surface area contributed by atoms with E-state index in [1.54, 1.807) is 0 Å². The maximum Gasteiger partial charge on any atom is 0.161 e. The molecule has 0 unspecified atom stereocenters. The summed E-state index contributed by atoms with van der Waals surface area (Å²) in [6.45, 7) is 3.61. The van der Waals surface area contributed by atoms with Crippen molar-refractivity contribution in [1.29, 1.82) is 0 Å². The van der Waals surface area contributed by atoms with Gasteiger partial charge in [-0.15, -0.1) is 0 Å². The van der Waals surface area contributed by atoms with Crippen LogP contribution in [-0.2, 0) is 6.54 Å². The first-order valence-electron chi connectivity index (χ1n) is 5.95. The van der Waals surface area contributed by atoms with Crippen LogP contribution in [0.3, 0.4) is 0 Å². The van der Waals surface area contributed by atoms with Gasteiger partial charge in [-0.3, -0.25) is 0 Å². The Labute approximate surface area is 115 Å². The number of fused-ring (bicyclic) bond motifs is 1. The molecule has 1 aliphatic rings. The molecule has 0 N–H and O–H groups in total. The molecule has 2 nitrogen and oxygen atoms in total. The Bertz CT molecular complexity index is 582. The first-order valence-corrected chi connectivity index (χ1v) is 6.74. The second kappa shape index (κ2) is 4.65. The van der Waals surface area contributed by atoms with Crippen LogP contribution in [0.15, 0.2) is 46.9 Å². The van der Waals surface area contributed by atoms with Gasteiger partial charge in [-0.1, -0.05) is 28.1 Å². The lowest BCUT2D eigenvalue weighted by Gasteiger charge is -2.31. The fourth-order valence-corrected chi connectivity index (χ4v) is 2.61. The van der Waals surface area contributed by atoms with Crippen molar-refractivity contribution in [3.63, 3.8) is 0 Å². The molecule has 0 atom stereocenters. The van der Waals surface area contributed by atoms with Crippen LogP contribution < -0.4 is 9.64 Å². The summed E-state index contributed by atoms with van der Waals surface area (Å²) in [6.07, 6.45) is 0. The Hall–Kier alpha value is -1.48. The number of ether oxygens (including phenoxy) is 1. The van der Waals surface area contributed by atoms with E-state index >= 15 is 0 Å². The third-order valence-electron chi connectivity index (χ3n) is 3.13. The van der Waals surface area contributed by atoms with Crippen molar-refractivity contribution >= 4 is 21.6 Å². The van der Waals surface area contributed by atoms with Gasteiger partial charge >= 0.3 is 0 Å². The van der Waals surface area contributed by atoms with Crippen molar-refractivity contribution in [3.8, 4) is 5.75 Å². The van der Waals surface area contributed by atoms with E-state index < -0.39 is 0 Å². The topological polar surface area (TPSA) is 12.5 Å². The summed E-state index contributed by atoms with van der Waals surface area (Å²) < 4.78 is 6.88. The molecule has 1 heterocycles. The number of nitrogens with zero attached hydrogens (tertiary/aromatic N) is 1.